The number of ether oxygens (including phenoxy) is 4. The average Bonchev–Trinajstić information content (AvgIpc) is 2.86. The molecular weight excluding hydrogens is 260 g/mol. The van der Waals surface area contributed by atoms with Crippen LogP contribution in [0.15, 0.2) is 12.4 Å². The summed E-state index contributed by atoms with van der Waals surface area (Å²) in [4.78, 5) is 4.35. The Morgan fingerprint density at radius 1 is 0.800 bits per heavy atom. The van der Waals surface area contributed by atoms with E-state index in [1.807, 2.05) is 6.92 Å². The normalized spacial score (nSPS) is 14.5. The molecule has 0 spiro atoms. The van der Waals surface area contributed by atoms with Crippen molar-refractivity contribution in [2.75, 3.05) is 73.1 Å². The lowest BCUT2D eigenvalue weighted by molar-refractivity contribution is -0.00192. The third-order valence-corrected chi connectivity index (χ3v) is 2.78. The summed E-state index contributed by atoms with van der Waals surface area (Å²) < 4.78 is 21.4. The van der Waals surface area contributed by atoms with Crippen LogP contribution in [0.5, 0.6) is 0 Å². The maximum Gasteiger partial charge on any atom is 0.0891 e. The van der Waals surface area contributed by atoms with E-state index in [0.29, 0.717) is 39.6 Å². The first-order chi connectivity index (χ1) is 9.83. The molecule has 0 N–H and O–H groups in total. The Balaban J connectivity index is 1.71. The second-order valence-corrected chi connectivity index (χ2v) is 4.54. The number of rotatable bonds is 13. The molecule has 118 valence electrons. The van der Waals surface area contributed by atoms with Gasteiger partial charge in [-0.05, 0) is 6.92 Å². The SMILES string of the molecule is CCOCCOCCOCCOCCN1C=CN(C)C1. The second kappa shape index (κ2) is 12.0. The molecule has 6 nitrogen and oxygen atoms in total. The fourth-order valence-corrected chi connectivity index (χ4v) is 1.72. The Kier molecular flexibility index (Phi) is 10.3. The van der Waals surface area contributed by atoms with Crippen molar-refractivity contribution in [3.8, 4) is 0 Å². The van der Waals surface area contributed by atoms with Crippen molar-refractivity contribution in [2.45, 2.75) is 6.92 Å². The summed E-state index contributed by atoms with van der Waals surface area (Å²) in [6.07, 6.45) is 4.15. The zero-order chi connectivity index (χ0) is 14.5. The fraction of sp³-hybridized carbons (Fsp3) is 0.857. The zero-order valence-corrected chi connectivity index (χ0v) is 12.8. The average molecular weight is 288 g/mol. The van der Waals surface area contributed by atoms with Gasteiger partial charge in [-0.15, -0.1) is 0 Å². The lowest BCUT2D eigenvalue weighted by atomic mass is 10.6. The van der Waals surface area contributed by atoms with Crippen molar-refractivity contribution in [3.05, 3.63) is 12.4 Å². The summed E-state index contributed by atoms with van der Waals surface area (Å²) in [5.74, 6) is 0. The third kappa shape index (κ3) is 9.14. The van der Waals surface area contributed by atoms with Gasteiger partial charge >= 0.3 is 0 Å². The molecule has 0 aliphatic carbocycles. The van der Waals surface area contributed by atoms with Crippen LogP contribution in [0.3, 0.4) is 0 Å². The van der Waals surface area contributed by atoms with Crippen LogP contribution in [0.2, 0.25) is 0 Å². The summed E-state index contributed by atoms with van der Waals surface area (Å²) in [5.41, 5.74) is 0. The minimum Gasteiger partial charge on any atom is -0.379 e. The highest BCUT2D eigenvalue weighted by atomic mass is 16.6. The van der Waals surface area contributed by atoms with Crippen molar-refractivity contribution < 1.29 is 18.9 Å². The summed E-state index contributed by atoms with van der Waals surface area (Å²) in [6.45, 7) is 9.05. The molecule has 20 heavy (non-hydrogen) atoms. The van der Waals surface area contributed by atoms with E-state index in [4.69, 9.17) is 18.9 Å². The molecule has 0 aromatic rings. The second-order valence-electron chi connectivity index (χ2n) is 4.54. The van der Waals surface area contributed by atoms with Crippen LogP contribution in [0, 0.1) is 0 Å². The van der Waals surface area contributed by atoms with Gasteiger partial charge in [-0.1, -0.05) is 0 Å². The van der Waals surface area contributed by atoms with Crippen molar-refractivity contribution in [3.63, 3.8) is 0 Å². The van der Waals surface area contributed by atoms with E-state index in [9.17, 15) is 0 Å². The lowest BCUT2D eigenvalue weighted by Gasteiger charge is -2.17. The van der Waals surface area contributed by atoms with E-state index in [1.165, 1.54) is 0 Å². The maximum absolute atomic E-state index is 5.51. The van der Waals surface area contributed by atoms with Gasteiger partial charge in [0.2, 0.25) is 0 Å². The fourth-order valence-electron chi connectivity index (χ4n) is 1.72. The van der Waals surface area contributed by atoms with Crippen LogP contribution in [0.25, 0.3) is 0 Å². The molecule has 0 amide bonds. The van der Waals surface area contributed by atoms with Crippen molar-refractivity contribution >= 4 is 0 Å². The van der Waals surface area contributed by atoms with Gasteiger partial charge < -0.3 is 28.7 Å². The smallest absolute Gasteiger partial charge is 0.0891 e. The van der Waals surface area contributed by atoms with E-state index in [-0.39, 0.29) is 0 Å². The molecule has 0 fully saturated rings. The topological polar surface area (TPSA) is 43.4 Å². The predicted molar refractivity (Wildman–Crippen MR) is 77.4 cm³/mol. The summed E-state index contributed by atoms with van der Waals surface area (Å²) in [6, 6.07) is 0. The zero-order valence-electron chi connectivity index (χ0n) is 12.8. The Bertz CT molecular complexity index is 251. The van der Waals surface area contributed by atoms with Crippen molar-refractivity contribution in [1.82, 2.24) is 9.80 Å². The van der Waals surface area contributed by atoms with Crippen LogP contribution in [-0.2, 0) is 18.9 Å². The lowest BCUT2D eigenvalue weighted by Crippen LogP contribution is -2.26. The number of nitrogens with zero attached hydrogens (tertiary/aromatic N) is 2. The first kappa shape index (κ1) is 17.2. The summed E-state index contributed by atoms with van der Waals surface area (Å²) in [7, 11) is 2.06. The van der Waals surface area contributed by atoms with Crippen LogP contribution < -0.4 is 0 Å². The van der Waals surface area contributed by atoms with Crippen LogP contribution in [0.1, 0.15) is 6.92 Å². The van der Waals surface area contributed by atoms with E-state index in [1.54, 1.807) is 0 Å². The van der Waals surface area contributed by atoms with Gasteiger partial charge in [-0.2, -0.15) is 0 Å². The third-order valence-electron chi connectivity index (χ3n) is 2.78. The number of hydrogen-bond acceptors (Lipinski definition) is 6. The summed E-state index contributed by atoms with van der Waals surface area (Å²) >= 11 is 0. The van der Waals surface area contributed by atoms with Crippen LogP contribution in [-0.4, -0.2) is 82.9 Å². The quantitative estimate of drug-likeness (QED) is 0.466. The van der Waals surface area contributed by atoms with Gasteiger partial charge in [0.25, 0.3) is 0 Å². The molecule has 0 bridgehead atoms. The molecule has 0 aromatic heterocycles. The molecule has 0 saturated heterocycles. The predicted octanol–water partition coefficient (Wildman–Crippen LogP) is 0.749. The van der Waals surface area contributed by atoms with Gasteiger partial charge in [0.15, 0.2) is 0 Å². The van der Waals surface area contributed by atoms with Crippen molar-refractivity contribution in [1.29, 1.82) is 0 Å². The molecule has 0 radical (unpaired) electrons. The highest BCUT2D eigenvalue weighted by Crippen LogP contribution is 2.02. The molecule has 0 atom stereocenters. The molecule has 0 aromatic carbocycles. The first-order valence-corrected chi connectivity index (χ1v) is 7.26. The molecule has 0 unspecified atom stereocenters. The highest BCUT2D eigenvalue weighted by molar-refractivity contribution is 4.88. The van der Waals surface area contributed by atoms with E-state index >= 15 is 0 Å². The monoisotopic (exact) mass is 288 g/mol. The van der Waals surface area contributed by atoms with Gasteiger partial charge in [-0.3, -0.25) is 0 Å². The van der Waals surface area contributed by atoms with Crippen LogP contribution >= 0.6 is 0 Å². The van der Waals surface area contributed by atoms with E-state index in [0.717, 1.165) is 26.4 Å². The first-order valence-electron chi connectivity index (χ1n) is 7.26. The Morgan fingerprint density at radius 2 is 1.35 bits per heavy atom. The van der Waals surface area contributed by atoms with Crippen LogP contribution in [0.4, 0.5) is 0 Å². The molecule has 1 aliphatic rings. The highest BCUT2D eigenvalue weighted by Gasteiger charge is 2.06. The molecular formula is C14H28N2O4. The number of hydrogen-bond donors (Lipinski definition) is 0. The molecule has 1 aliphatic heterocycles. The molecule has 6 heteroatoms. The Morgan fingerprint density at radius 3 is 1.85 bits per heavy atom. The van der Waals surface area contributed by atoms with Gasteiger partial charge in [0.05, 0.1) is 52.9 Å². The maximum atomic E-state index is 5.51. The summed E-state index contributed by atoms with van der Waals surface area (Å²) in [5, 5.41) is 0. The largest absolute Gasteiger partial charge is 0.379 e. The minimum absolute atomic E-state index is 0.606. The Hall–Kier alpha value is -0.820. The van der Waals surface area contributed by atoms with E-state index < -0.39 is 0 Å². The van der Waals surface area contributed by atoms with Gasteiger partial charge in [0.1, 0.15) is 0 Å². The molecule has 1 heterocycles. The standard InChI is InChI=1S/C14H28N2O4/c1-3-17-8-9-19-12-13-20-11-10-18-7-6-16-5-4-15(2)14-16/h4-5H,3,6-14H2,1-2H3. The molecule has 1 rings (SSSR count). The van der Waals surface area contributed by atoms with Crippen molar-refractivity contribution in [2.24, 2.45) is 0 Å². The van der Waals surface area contributed by atoms with Gasteiger partial charge in [0, 0.05) is 32.6 Å². The minimum atomic E-state index is 0.606. The van der Waals surface area contributed by atoms with Gasteiger partial charge in [-0.25, -0.2) is 0 Å². The van der Waals surface area contributed by atoms with E-state index in [2.05, 4.69) is 29.2 Å². The molecule has 0 saturated carbocycles. The Labute approximate surface area is 122 Å².